The van der Waals surface area contributed by atoms with Crippen molar-refractivity contribution in [2.75, 3.05) is 11.3 Å². The zero-order chi connectivity index (χ0) is 25.0. The number of hydrogen-bond donors (Lipinski definition) is 2. The molecule has 0 unspecified atom stereocenters. The third kappa shape index (κ3) is 4.17. The number of nitrogens with zero attached hydrogens (tertiary/aromatic N) is 2. The van der Waals surface area contributed by atoms with Crippen LogP contribution >= 0.6 is 0 Å². The van der Waals surface area contributed by atoms with Crippen molar-refractivity contribution < 1.29 is 30.4 Å². The monoisotopic (exact) mass is 508 g/mol. The van der Waals surface area contributed by atoms with Crippen LogP contribution in [0.25, 0.3) is 11.1 Å². The summed E-state index contributed by atoms with van der Waals surface area (Å²) >= 11 is 0. The Labute approximate surface area is 195 Å². The number of oxazole rings is 1. The molecule has 2 aromatic carbocycles. The predicted molar refractivity (Wildman–Crippen MR) is 117 cm³/mol. The standard InChI is InChI=1S/C22H16F4N4O4S/c23-15-7-16-17(8-18(15)35(32,33)29-20-6-2-5-19(24)28-20)34-21(31)30(16)10-12-3-1-4-14-13(12)9-27-11-22(14,25)26/h1-8,27H,9-11H2,(H,28,29). The highest BCUT2D eigenvalue weighted by Crippen LogP contribution is 2.35. The number of halogens is 4. The molecule has 0 fully saturated rings. The lowest BCUT2D eigenvalue weighted by Gasteiger charge is -2.27. The topological polar surface area (TPSA) is 106 Å². The van der Waals surface area contributed by atoms with Gasteiger partial charge in [-0.1, -0.05) is 24.3 Å². The number of aromatic nitrogens is 2. The first-order valence-electron chi connectivity index (χ1n) is 10.2. The van der Waals surface area contributed by atoms with Crippen LogP contribution in [0.3, 0.4) is 0 Å². The van der Waals surface area contributed by atoms with Gasteiger partial charge in [-0.3, -0.25) is 9.29 Å². The maximum atomic E-state index is 14.9. The average molecular weight is 508 g/mol. The molecule has 1 aliphatic heterocycles. The van der Waals surface area contributed by atoms with Crippen molar-refractivity contribution in [3.63, 3.8) is 0 Å². The molecule has 0 atom stereocenters. The van der Waals surface area contributed by atoms with Gasteiger partial charge in [-0.15, -0.1) is 0 Å². The molecule has 0 bridgehead atoms. The first-order chi connectivity index (χ1) is 16.5. The molecule has 0 aliphatic carbocycles. The van der Waals surface area contributed by atoms with Crippen LogP contribution in [0, 0.1) is 11.8 Å². The molecule has 2 N–H and O–H groups in total. The van der Waals surface area contributed by atoms with E-state index in [2.05, 4.69) is 10.3 Å². The summed E-state index contributed by atoms with van der Waals surface area (Å²) in [7, 11) is -4.56. The zero-order valence-corrected chi connectivity index (χ0v) is 18.5. The molecule has 8 nitrogen and oxygen atoms in total. The number of fused-ring (bicyclic) bond motifs is 2. The zero-order valence-electron chi connectivity index (χ0n) is 17.7. The van der Waals surface area contributed by atoms with Crippen molar-refractivity contribution in [2.45, 2.75) is 23.9 Å². The Kier molecular flexibility index (Phi) is 5.40. The fourth-order valence-corrected chi connectivity index (χ4v) is 5.10. The highest BCUT2D eigenvalue weighted by Gasteiger charge is 2.37. The van der Waals surface area contributed by atoms with Crippen LogP contribution in [0.5, 0.6) is 0 Å². The van der Waals surface area contributed by atoms with Crippen LogP contribution in [-0.2, 0) is 29.0 Å². The van der Waals surface area contributed by atoms with Gasteiger partial charge >= 0.3 is 5.76 Å². The predicted octanol–water partition coefficient (Wildman–Crippen LogP) is 3.31. The maximum Gasteiger partial charge on any atom is 0.420 e. The second-order valence-electron chi connectivity index (χ2n) is 7.91. The molecule has 2 aromatic heterocycles. The molecule has 1 aliphatic rings. The Hall–Kier alpha value is -3.71. The number of anilines is 1. The Balaban J connectivity index is 1.54. The first kappa shape index (κ1) is 23.1. The van der Waals surface area contributed by atoms with Crippen LogP contribution < -0.4 is 15.8 Å². The summed E-state index contributed by atoms with van der Waals surface area (Å²) in [4.78, 5) is 15.1. The molecule has 0 saturated carbocycles. The number of hydrogen-bond acceptors (Lipinski definition) is 6. The van der Waals surface area contributed by atoms with E-state index in [1.54, 1.807) is 6.07 Å². The summed E-state index contributed by atoms with van der Waals surface area (Å²) in [6, 6.07) is 9.34. The van der Waals surface area contributed by atoms with Gasteiger partial charge in [0.05, 0.1) is 18.6 Å². The van der Waals surface area contributed by atoms with Gasteiger partial charge in [0.1, 0.15) is 16.5 Å². The summed E-state index contributed by atoms with van der Waals surface area (Å²) in [5.41, 5.74) is 0.249. The summed E-state index contributed by atoms with van der Waals surface area (Å²) in [6.07, 6.45) is 0. The summed E-state index contributed by atoms with van der Waals surface area (Å²) in [6.45, 7) is -0.564. The highest BCUT2D eigenvalue weighted by atomic mass is 32.2. The minimum Gasteiger partial charge on any atom is -0.408 e. The van der Waals surface area contributed by atoms with E-state index in [1.807, 2.05) is 4.72 Å². The third-order valence-electron chi connectivity index (χ3n) is 5.61. The van der Waals surface area contributed by atoms with E-state index < -0.39 is 44.9 Å². The Bertz CT molecular complexity index is 1630. The molecule has 3 heterocycles. The number of sulfonamides is 1. The molecule has 182 valence electrons. The second kappa shape index (κ2) is 8.20. The lowest BCUT2D eigenvalue weighted by molar-refractivity contribution is -0.0109. The lowest BCUT2D eigenvalue weighted by Crippen LogP contribution is -2.37. The first-order valence-corrected chi connectivity index (χ1v) is 11.7. The second-order valence-corrected chi connectivity index (χ2v) is 9.56. The highest BCUT2D eigenvalue weighted by molar-refractivity contribution is 7.92. The number of alkyl halides is 2. The van der Waals surface area contributed by atoms with Crippen LogP contribution in [0.4, 0.5) is 23.4 Å². The smallest absolute Gasteiger partial charge is 0.408 e. The number of benzene rings is 2. The van der Waals surface area contributed by atoms with Gasteiger partial charge in [-0.2, -0.15) is 13.2 Å². The summed E-state index contributed by atoms with van der Waals surface area (Å²) < 4.78 is 90.2. The van der Waals surface area contributed by atoms with Gasteiger partial charge in [-0.25, -0.2) is 22.6 Å². The maximum absolute atomic E-state index is 14.9. The number of rotatable bonds is 5. The van der Waals surface area contributed by atoms with E-state index in [-0.39, 0.29) is 35.6 Å². The van der Waals surface area contributed by atoms with E-state index in [1.165, 1.54) is 24.3 Å². The molecule has 0 saturated heterocycles. The van der Waals surface area contributed by atoms with Gasteiger partial charge in [0, 0.05) is 24.2 Å². The Morgan fingerprint density at radius 1 is 1.14 bits per heavy atom. The minimum absolute atomic E-state index is 0.0662. The molecular formula is C22H16F4N4O4S. The summed E-state index contributed by atoms with van der Waals surface area (Å²) in [5, 5.41) is 2.64. The Morgan fingerprint density at radius 2 is 1.91 bits per heavy atom. The molecule has 0 radical (unpaired) electrons. The molecule has 0 amide bonds. The molecule has 5 rings (SSSR count). The molecule has 13 heteroatoms. The summed E-state index contributed by atoms with van der Waals surface area (Å²) in [5.74, 6) is -6.55. The number of pyridine rings is 1. The van der Waals surface area contributed by atoms with E-state index in [0.29, 0.717) is 11.1 Å². The quantitative estimate of drug-likeness (QED) is 0.317. The van der Waals surface area contributed by atoms with Crippen LogP contribution in [0.1, 0.15) is 16.7 Å². The van der Waals surface area contributed by atoms with Gasteiger partial charge < -0.3 is 9.73 Å². The normalized spacial score (nSPS) is 15.2. The average Bonchev–Trinajstić information content (AvgIpc) is 3.07. The van der Waals surface area contributed by atoms with Crippen LogP contribution in [0.15, 0.2) is 62.6 Å². The van der Waals surface area contributed by atoms with Crippen molar-refractivity contribution in [3.05, 3.63) is 87.5 Å². The molecule has 35 heavy (non-hydrogen) atoms. The SMILES string of the molecule is O=c1oc2cc(S(=O)(=O)Nc3cccc(F)n3)c(F)cc2n1Cc1cccc2c1CNCC2(F)F. The van der Waals surface area contributed by atoms with Crippen molar-refractivity contribution >= 4 is 26.9 Å². The van der Waals surface area contributed by atoms with Gasteiger partial charge in [0.25, 0.3) is 15.9 Å². The van der Waals surface area contributed by atoms with E-state index in [4.69, 9.17) is 4.42 Å². The van der Waals surface area contributed by atoms with Crippen LogP contribution in [0.2, 0.25) is 0 Å². The minimum atomic E-state index is -4.56. The third-order valence-corrected chi connectivity index (χ3v) is 6.98. The van der Waals surface area contributed by atoms with Gasteiger partial charge in [0.2, 0.25) is 5.95 Å². The van der Waals surface area contributed by atoms with E-state index >= 15 is 0 Å². The fourth-order valence-electron chi connectivity index (χ4n) is 4.02. The fraction of sp³-hybridized carbons (Fsp3) is 0.182. The van der Waals surface area contributed by atoms with Crippen molar-refractivity contribution in [3.8, 4) is 0 Å². The van der Waals surface area contributed by atoms with E-state index in [9.17, 15) is 30.8 Å². The van der Waals surface area contributed by atoms with Crippen LogP contribution in [-0.4, -0.2) is 24.5 Å². The molecule has 0 spiro atoms. The lowest BCUT2D eigenvalue weighted by atomic mass is 9.93. The molecule has 4 aromatic rings. The largest absolute Gasteiger partial charge is 0.420 e. The van der Waals surface area contributed by atoms with E-state index in [0.717, 1.165) is 22.8 Å². The van der Waals surface area contributed by atoms with Crippen molar-refractivity contribution in [1.29, 1.82) is 0 Å². The van der Waals surface area contributed by atoms with Crippen molar-refractivity contribution in [1.82, 2.24) is 14.9 Å². The van der Waals surface area contributed by atoms with Gasteiger partial charge in [-0.05, 0) is 23.3 Å². The van der Waals surface area contributed by atoms with Crippen molar-refractivity contribution in [2.24, 2.45) is 0 Å². The number of nitrogens with one attached hydrogen (secondary N) is 2. The Morgan fingerprint density at radius 3 is 2.69 bits per heavy atom. The molecular weight excluding hydrogens is 492 g/mol. The van der Waals surface area contributed by atoms with Gasteiger partial charge in [0.15, 0.2) is 5.58 Å².